The first-order valence-electron chi connectivity index (χ1n) is 6.51. The summed E-state index contributed by atoms with van der Waals surface area (Å²) in [6.45, 7) is 1.80. The predicted molar refractivity (Wildman–Crippen MR) is 67.7 cm³/mol. The van der Waals surface area contributed by atoms with Gasteiger partial charge in [0, 0.05) is 0 Å². The van der Waals surface area contributed by atoms with Crippen molar-refractivity contribution in [3.05, 3.63) is 29.8 Å². The van der Waals surface area contributed by atoms with Crippen molar-refractivity contribution in [2.45, 2.75) is 44.1 Å². The van der Waals surface area contributed by atoms with Crippen LogP contribution in [0, 0.1) is 0 Å². The summed E-state index contributed by atoms with van der Waals surface area (Å²) in [5, 5.41) is 9.00. The monoisotopic (exact) mass is 330 g/mol. The fraction of sp³-hybridized carbons (Fsp3) is 0.571. The molecule has 0 saturated carbocycles. The highest BCUT2D eigenvalue weighted by Gasteiger charge is 2.71. The van der Waals surface area contributed by atoms with Crippen molar-refractivity contribution in [2.75, 3.05) is 6.61 Å². The van der Waals surface area contributed by atoms with Gasteiger partial charge in [0.15, 0.2) is 0 Å². The molecule has 0 saturated heterocycles. The summed E-state index contributed by atoms with van der Waals surface area (Å²) >= 11 is 0. The molecule has 0 heterocycles. The van der Waals surface area contributed by atoms with Gasteiger partial charge in [0.2, 0.25) is 0 Å². The van der Waals surface area contributed by atoms with E-state index in [9.17, 15) is 26.3 Å². The van der Waals surface area contributed by atoms with Crippen LogP contribution < -0.4 is 4.74 Å². The Kier molecular flexibility index (Phi) is 5.38. The molecular formula is C14H16F6O2. The van der Waals surface area contributed by atoms with Gasteiger partial charge in [0.05, 0.1) is 0 Å². The average molecular weight is 330 g/mol. The van der Waals surface area contributed by atoms with E-state index in [2.05, 4.69) is 4.74 Å². The first kappa shape index (κ1) is 18.6. The van der Waals surface area contributed by atoms with Crippen LogP contribution in [-0.4, -0.2) is 29.7 Å². The number of hydrogen-bond donors (Lipinski definition) is 1. The summed E-state index contributed by atoms with van der Waals surface area (Å²) in [5.41, 5.74) is -4.19. The van der Waals surface area contributed by atoms with Crippen LogP contribution in [0.4, 0.5) is 26.3 Å². The molecular weight excluding hydrogens is 314 g/mol. The molecule has 0 fully saturated rings. The number of hydrogen-bond acceptors (Lipinski definition) is 2. The van der Waals surface area contributed by atoms with Gasteiger partial charge < -0.3 is 9.84 Å². The van der Waals surface area contributed by atoms with Crippen molar-refractivity contribution in [1.82, 2.24) is 0 Å². The van der Waals surface area contributed by atoms with Gasteiger partial charge >= 0.3 is 12.4 Å². The second-order valence-electron chi connectivity index (χ2n) is 5.03. The summed E-state index contributed by atoms with van der Waals surface area (Å²) in [4.78, 5) is 0. The lowest BCUT2D eigenvalue weighted by Crippen LogP contribution is -2.60. The van der Waals surface area contributed by atoms with Crippen LogP contribution in [0.1, 0.15) is 31.7 Å². The molecule has 1 unspecified atom stereocenters. The van der Waals surface area contributed by atoms with E-state index in [1.54, 1.807) is 6.07 Å². The molecule has 1 rings (SSSR count). The zero-order valence-electron chi connectivity index (χ0n) is 11.9. The number of aliphatic hydroxyl groups is 1. The van der Waals surface area contributed by atoms with Gasteiger partial charge in [-0.3, -0.25) is 0 Å². The minimum Gasteiger partial charge on any atom is -0.490 e. The standard InChI is InChI=1S/C14H16F6O2/c1-3-9(2)10-5-4-6-11(7-10)22-8-12(21,13(15,16)17)14(18,19)20/h4-7,9,21H,3,8H2,1-2H3. The van der Waals surface area contributed by atoms with Gasteiger partial charge in [-0.05, 0) is 30.0 Å². The van der Waals surface area contributed by atoms with Gasteiger partial charge in [-0.1, -0.05) is 26.0 Å². The molecule has 0 amide bonds. The van der Waals surface area contributed by atoms with E-state index >= 15 is 0 Å². The van der Waals surface area contributed by atoms with Crippen LogP contribution in [0.3, 0.4) is 0 Å². The second kappa shape index (κ2) is 6.36. The SMILES string of the molecule is CCC(C)c1cccc(OCC(O)(C(F)(F)F)C(F)(F)F)c1. The topological polar surface area (TPSA) is 29.5 Å². The minimum absolute atomic E-state index is 0.0765. The highest BCUT2D eigenvalue weighted by atomic mass is 19.4. The van der Waals surface area contributed by atoms with Crippen LogP contribution in [0.2, 0.25) is 0 Å². The van der Waals surface area contributed by atoms with Crippen LogP contribution in [0.5, 0.6) is 5.75 Å². The van der Waals surface area contributed by atoms with Crippen molar-refractivity contribution in [2.24, 2.45) is 0 Å². The lowest BCUT2D eigenvalue weighted by atomic mass is 9.98. The maximum absolute atomic E-state index is 12.5. The Balaban J connectivity index is 2.96. The summed E-state index contributed by atoms with van der Waals surface area (Å²) in [7, 11) is 0. The van der Waals surface area contributed by atoms with Crippen LogP contribution >= 0.6 is 0 Å². The lowest BCUT2D eigenvalue weighted by Gasteiger charge is -2.31. The zero-order chi connectivity index (χ0) is 17.2. The molecule has 0 aromatic heterocycles. The minimum atomic E-state index is -5.89. The van der Waals surface area contributed by atoms with E-state index in [1.807, 2.05) is 13.8 Å². The molecule has 2 nitrogen and oxygen atoms in total. The molecule has 1 aromatic carbocycles. The molecule has 22 heavy (non-hydrogen) atoms. The van der Waals surface area contributed by atoms with Gasteiger partial charge in [-0.25, -0.2) is 0 Å². The van der Waals surface area contributed by atoms with E-state index in [4.69, 9.17) is 5.11 Å². The van der Waals surface area contributed by atoms with E-state index < -0.39 is 24.6 Å². The Morgan fingerprint density at radius 3 is 2.09 bits per heavy atom. The third-order valence-electron chi connectivity index (χ3n) is 3.43. The Hall–Kier alpha value is -1.44. The molecule has 0 radical (unpaired) electrons. The average Bonchev–Trinajstić information content (AvgIpc) is 2.41. The van der Waals surface area contributed by atoms with Gasteiger partial charge in [0.1, 0.15) is 12.4 Å². The van der Waals surface area contributed by atoms with Crippen molar-refractivity contribution in [1.29, 1.82) is 0 Å². The number of ether oxygens (including phenoxy) is 1. The summed E-state index contributed by atoms with van der Waals surface area (Å²) in [5.74, 6) is -0.0857. The first-order valence-corrected chi connectivity index (χ1v) is 6.51. The number of rotatable bonds is 5. The van der Waals surface area contributed by atoms with E-state index in [1.165, 1.54) is 18.2 Å². The van der Waals surface area contributed by atoms with Crippen molar-refractivity contribution >= 4 is 0 Å². The molecule has 0 aliphatic rings. The largest absolute Gasteiger partial charge is 0.490 e. The quantitative estimate of drug-likeness (QED) is 0.809. The maximum Gasteiger partial charge on any atom is 0.429 e. The Morgan fingerprint density at radius 1 is 1.09 bits per heavy atom. The predicted octanol–water partition coefficient (Wildman–Crippen LogP) is 4.43. The Labute approximate surface area is 123 Å². The van der Waals surface area contributed by atoms with Crippen LogP contribution in [-0.2, 0) is 0 Å². The number of alkyl halides is 6. The first-order chi connectivity index (χ1) is 9.92. The summed E-state index contributed by atoms with van der Waals surface area (Å²) in [6.07, 6.45) is -11.0. The van der Waals surface area contributed by atoms with Gasteiger partial charge in [-0.15, -0.1) is 0 Å². The smallest absolute Gasteiger partial charge is 0.429 e. The summed E-state index contributed by atoms with van der Waals surface area (Å²) in [6, 6.07) is 5.76. The molecule has 1 atom stereocenters. The van der Waals surface area contributed by atoms with E-state index in [0.717, 1.165) is 12.0 Å². The van der Waals surface area contributed by atoms with Gasteiger partial charge in [-0.2, -0.15) is 26.3 Å². The highest BCUT2D eigenvalue weighted by Crippen LogP contribution is 2.43. The molecule has 126 valence electrons. The Bertz CT molecular complexity index is 481. The molecule has 8 heteroatoms. The normalized spacial score (nSPS) is 14.8. The van der Waals surface area contributed by atoms with Crippen molar-refractivity contribution in [3.63, 3.8) is 0 Å². The van der Waals surface area contributed by atoms with Crippen LogP contribution in [0.15, 0.2) is 24.3 Å². The molecule has 1 aromatic rings. The fourth-order valence-corrected chi connectivity index (χ4v) is 1.66. The molecule has 0 spiro atoms. The summed E-state index contributed by atoms with van der Waals surface area (Å²) < 4.78 is 79.7. The highest BCUT2D eigenvalue weighted by molar-refractivity contribution is 5.30. The third kappa shape index (κ3) is 3.85. The van der Waals surface area contributed by atoms with Crippen molar-refractivity contribution in [3.8, 4) is 5.75 Å². The maximum atomic E-state index is 12.5. The van der Waals surface area contributed by atoms with Crippen molar-refractivity contribution < 1.29 is 36.2 Å². The number of benzene rings is 1. The zero-order valence-corrected chi connectivity index (χ0v) is 11.9. The van der Waals surface area contributed by atoms with Crippen LogP contribution in [0.25, 0.3) is 0 Å². The fourth-order valence-electron chi connectivity index (χ4n) is 1.66. The molecule has 0 aliphatic carbocycles. The van der Waals surface area contributed by atoms with E-state index in [0.29, 0.717) is 0 Å². The third-order valence-corrected chi connectivity index (χ3v) is 3.43. The van der Waals surface area contributed by atoms with E-state index in [-0.39, 0.29) is 11.7 Å². The molecule has 0 aliphatic heterocycles. The van der Waals surface area contributed by atoms with Gasteiger partial charge in [0.25, 0.3) is 5.60 Å². The number of halogens is 6. The Morgan fingerprint density at radius 2 is 1.64 bits per heavy atom. The second-order valence-corrected chi connectivity index (χ2v) is 5.03. The molecule has 1 N–H and O–H groups in total. The molecule has 0 bridgehead atoms. The lowest BCUT2D eigenvalue weighted by molar-refractivity contribution is -0.373.